The largest absolute Gasteiger partial charge is 0.342 e. The third-order valence-corrected chi connectivity index (χ3v) is 3.44. The van der Waals surface area contributed by atoms with Crippen LogP contribution in [-0.2, 0) is 4.79 Å². The van der Waals surface area contributed by atoms with E-state index in [2.05, 4.69) is 31.1 Å². The number of carbonyl (C=O) groups is 1. The molecule has 0 rings (SSSR count). The van der Waals surface area contributed by atoms with Gasteiger partial charge in [-0.1, -0.05) is 0 Å². The molecule has 108 valence electrons. The Balaban J connectivity index is 3.49. The van der Waals surface area contributed by atoms with Crippen LogP contribution >= 0.6 is 0 Å². The SMILES string of the molecule is CC(C)N(C)CCCCNCC(=O)N(C)C(C)C. The van der Waals surface area contributed by atoms with Gasteiger partial charge in [-0.3, -0.25) is 4.79 Å². The van der Waals surface area contributed by atoms with Gasteiger partial charge < -0.3 is 15.1 Å². The molecule has 0 aliphatic carbocycles. The van der Waals surface area contributed by atoms with Gasteiger partial charge in [-0.2, -0.15) is 0 Å². The molecule has 0 bridgehead atoms. The number of unbranched alkanes of at least 4 members (excludes halogenated alkanes) is 1. The van der Waals surface area contributed by atoms with Crippen molar-refractivity contribution in [2.24, 2.45) is 0 Å². The summed E-state index contributed by atoms with van der Waals surface area (Å²) in [6.45, 7) is 11.0. The molecular formula is C14H31N3O. The molecule has 1 amide bonds. The minimum absolute atomic E-state index is 0.171. The minimum Gasteiger partial charge on any atom is -0.342 e. The van der Waals surface area contributed by atoms with Crippen molar-refractivity contribution < 1.29 is 4.79 Å². The summed E-state index contributed by atoms with van der Waals surface area (Å²) in [6.07, 6.45) is 2.30. The van der Waals surface area contributed by atoms with E-state index in [1.165, 1.54) is 6.42 Å². The highest BCUT2D eigenvalue weighted by Gasteiger charge is 2.10. The Kier molecular flexibility index (Phi) is 9.02. The molecule has 0 aromatic rings. The summed E-state index contributed by atoms with van der Waals surface area (Å²) in [5, 5.41) is 3.21. The zero-order valence-electron chi connectivity index (χ0n) is 13.0. The number of rotatable bonds is 9. The van der Waals surface area contributed by atoms with Crippen LogP contribution in [0, 0.1) is 0 Å². The molecule has 0 atom stereocenters. The Morgan fingerprint density at radius 2 is 1.67 bits per heavy atom. The summed E-state index contributed by atoms with van der Waals surface area (Å²) < 4.78 is 0. The minimum atomic E-state index is 0.171. The zero-order chi connectivity index (χ0) is 14.1. The molecule has 0 saturated heterocycles. The van der Waals surface area contributed by atoms with Crippen molar-refractivity contribution in [2.75, 3.05) is 33.7 Å². The first-order valence-electron chi connectivity index (χ1n) is 7.02. The average molecular weight is 257 g/mol. The van der Waals surface area contributed by atoms with Gasteiger partial charge in [0.05, 0.1) is 6.54 Å². The number of nitrogens with zero attached hydrogens (tertiary/aromatic N) is 2. The lowest BCUT2D eigenvalue weighted by Crippen LogP contribution is -2.39. The normalized spacial score (nSPS) is 11.6. The summed E-state index contributed by atoms with van der Waals surface area (Å²) in [5.41, 5.74) is 0. The number of hydrogen-bond donors (Lipinski definition) is 1. The molecule has 0 aromatic carbocycles. The predicted molar refractivity (Wildman–Crippen MR) is 77.8 cm³/mol. The molecular weight excluding hydrogens is 226 g/mol. The first kappa shape index (κ1) is 17.4. The smallest absolute Gasteiger partial charge is 0.236 e. The molecule has 0 spiro atoms. The van der Waals surface area contributed by atoms with E-state index in [4.69, 9.17) is 0 Å². The summed E-state index contributed by atoms with van der Waals surface area (Å²) in [5.74, 6) is 0.171. The van der Waals surface area contributed by atoms with E-state index in [1.54, 1.807) is 4.90 Å². The van der Waals surface area contributed by atoms with Gasteiger partial charge in [0, 0.05) is 19.1 Å². The molecule has 1 N–H and O–H groups in total. The predicted octanol–water partition coefficient (Wildman–Crippen LogP) is 1.56. The fraction of sp³-hybridized carbons (Fsp3) is 0.929. The number of nitrogens with one attached hydrogen (secondary N) is 1. The lowest BCUT2D eigenvalue weighted by atomic mass is 10.2. The average Bonchev–Trinajstić information content (AvgIpc) is 2.31. The van der Waals surface area contributed by atoms with Crippen molar-refractivity contribution in [1.82, 2.24) is 15.1 Å². The van der Waals surface area contributed by atoms with Crippen molar-refractivity contribution >= 4 is 5.91 Å². The highest BCUT2D eigenvalue weighted by molar-refractivity contribution is 5.78. The van der Waals surface area contributed by atoms with Crippen LogP contribution in [0.2, 0.25) is 0 Å². The maximum Gasteiger partial charge on any atom is 0.236 e. The Labute approximate surface area is 113 Å². The van der Waals surface area contributed by atoms with Crippen molar-refractivity contribution in [3.8, 4) is 0 Å². The van der Waals surface area contributed by atoms with E-state index >= 15 is 0 Å². The van der Waals surface area contributed by atoms with Crippen LogP contribution in [0.5, 0.6) is 0 Å². The topological polar surface area (TPSA) is 35.6 Å². The van der Waals surface area contributed by atoms with E-state index in [0.29, 0.717) is 12.6 Å². The Morgan fingerprint density at radius 1 is 1.06 bits per heavy atom. The van der Waals surface area contributed by atoms with E-state index in [0.717, 1.165) is 19.5 Å². The van der Waals surface area contributed by atoms with Crippen molar-refractivity contribution in [3.05, 3.63) is 0 Å². The molecule has 0 saturated carbocycles. The Bertz CT molecular complexity index is 229. The molecule has 4 heteroatoms. The van der Waals surface area contributed by atoms with Gasteiger partial charge in [0.25, 0.3) is 0 Å². The first-order valence-corrected chi connectivity index (χ1v) is 7.02. The second-order valence-corrected chi connectivity index (χ2v) is 5.56. The second kappa shape index (κ2) is 9.34. The van der Waals surface area contributed by atoms with E-state index < -0.39 is 0 Å². The molecule has 0 aromatic heterocycles. The highest BCUT2D eigenvalue weighted by atomic mass is 16.2. The third-order valence-electron chi connectivity index (χ3n) is 3.44. The van der Waals surface area contributed by atoms with Crippen LogP contribution in [-0.4, -0.2) is 61.5 Å². The summed E-state index contributed by atoms with van der Waals surface area (Å²) in [4.78, 5) is 15.8. The standard InChI is InChI=1S/C14H31N3O/c1-12(2)16(5)10-8-7-9-15-11-14(18)17(6)13(3)4/h12-13,15H,7-11H2,1-6H3. The van der Waals surface area contributed by atoms with Crippen molar-refractivity contribution in [2.45, 2.75) is 52.6 Å². The van der Waals surface area contributed by atoms with Gasteiger partial charge >= 0.3 is 0 Å². The molecule has 0 fully saturated rings. The molecule has 18 heavy (non-hydrogen) atoms. The number of amides is 1. The second-order valence-electron chi connectivity index (χ2n) is 5.56. The molecule has 0 unspecified atom stereocenters. The lowest BCUT2D eigenvalue weighted by molar-refractivity contribution is -0.130. The monoisotopic (exact) mass is 257 g/mol. The summed E-state index contributed by atoms with van der Waals surface area (Å²) in [6, 6.07) is 0.887. The van der Waals surface area contributed by atoms with Crippen LogP contribution in [0.4, 0.5) is 0 Å². The fourth-order valence-electron chi connectivity index (χ4n) is 1.48. The van der Waals surface area contributed by atoms with Crippen molar-refractivity contribution in [1.29, 1.82) is 0 Å². The van der Waals surface area contributed by atoms with Crippen LogP contribution < -0.4 is 5.32 Å². The zero-order valence-corrected chi connectivity index (χ0v) is 13.0. The Hall–Kier alpha value is -0.610. The van der Waals surface area contributed by atoms with Crippen LogP contribution in [0.15, 0.2) is 0 Å². The van der Waals surface area contributed by atoms with Gasteiger partial charge in [0.2, 0.25) is 5.91 Å². The number of hydrogen-bond acceptors (Lipinski definition) is 3. The molecule has 0 heterocycles. The summed E-state index contributed by atoms with van der Waals surface area (Å²) in [7, 11) is 4.01. The number of likely N-dealkylation sites (N-methyl/N-ethyl adjacent to an activating group) is 1. The fourth-order valence-corrected chi connectivity index (χ4v) is 1.48. The third kappa shape index (κ3) is 7.67. The van der Waals surface area contributed by atoms with Crippen LogP contribution in [0.1, 0.15) is 40.5 Å². The molecule has 4 nitrogen and oxygen atoms in total. The van der Waals surface area contributed by atoms with Crippen LogP contribution in [0.25, 0.3) is 0 Å². The van der Waals surface area contributed by atoms with E-state index in [1.807, 2.05) is 20.9 Å². The van der Waals surface area contributed by atoms with Gasteiger partial charge in [-0.15, -0.1) is 0 Å². The molecule has 0 aliphatic rings. The van der Waals surface area contributed by atoms with E-state index in [-0.39, 0.29) is 11.9 Å². The van der Waals surface area contributed by atoms with Crippen LogP contribution in [0.3, 0.4) is 0 Å². The molecule has 0 radical (unpaired) electrons. The maximum absolute atomic E-state index is 11.7. The summed E-state index contributed by atoms with van der Waals surface area (Å²) >= 11 is 0. The Morgan fingerprint density at radius 3 is 2.17 bits per heavy atom. The van der Waals surface area contributed by atoms with Gasteiger partial charge in [-0.05, 0) is 60.7 Å². The first-order chi connectivity index (χ1) is 8.36. The number of carbonyl (C=O) groups excluding carboxylic acids is 1. The van der Waals surface area contributed by atoms with Gasteiger partial charge in [-0.25, -0.2) is 0 Å². The quantitative estimate of drug-likeness (QED) is 0.637. The highest BCUT2D eigenvalue weighted by Crippen LogP contribution is 1.97. The van der Waals surface area contributed by atoms with Crippen molar-refractivity contribution in [3.63, 3.8) is 0 Å². The molecule has 0 aliphatic heterocycles. The maximum atomic E-state index is 11.7. The van der Waals surface area contributed by atoms with Gasteiger partial charge in [0.1, 0.15) is 0 Å². The van der Waals surface area contributed by atoms with E-state index in [9.17, 15) is 4.79 Å². The van der Waals surface area contributed by atoms with Gasteiger partial charge in [0.15, 0.2) is 0 Å². The lowest BCUT2D eigenvalue weighted by Gasteiger charge is -2.22.